The highest BCUT2D eigenvalue weighted by molar-refractivity contribution is 6.07. The van der Waals surface area contributed by atoms with Crippen LogP contribution >= 0.6 is 0 Å². The van der Waals surface area contributed by atoms with Crippen molar-refractivity contribution in [1.82, 2.24) is 10.3 Å². The molecule has 0 unspecified atom stereocenters. The van der Waals surface area contributed by atoms with Crippen LogP contribution in [0.3, 0.4) is 0 Å². The van der Waals surface area contributed by atoms with E-state index in [2.05, 4.69) is 10.3 Å². The van der Waals surface area contributed by atoms with E-state index in [0.29, 0.717) is 23.9 Å². The van der Waals surface area contributed by atoms with Gasteiger partial charge in [-0.15, -0.1) is 0 Å². The van der Waals surface area contributed by atoms with Crippen molar-refractivity contribution in [3.8, 4) is 0 Å². The van der Waals surface area contributed by atoms with Crippen molar-refractivity contribution in [2.45, 2.75) is 0 Å². The molecule has 0 aliphatic heterocycles. The number of anilines is 1. The number of amides is 1. The summed E-state index contributed by atoms with van der Waals surface area (Å²) in [7, 11) is 1.54. The fraction of sp³-hybridized carbons (Fsp3) is 0.231. The van der Waals surface area contributed by atoms with E-state index >= 15 is 0 Å². The molecule has 0 radical (unpaired) electrons. The maximum Gasteiger partial charge on any atom is 0.270 e. The Morgan fingerprint density at radius 2 is 2.26 bits per heavy atom. The predicted octanol–water partition coefficient (Wildman–Crippen LogP) is 1.33. The molecule has 0 fully saturated rings. The number of nitrogens with one attached hydrogen (secondary N) is 1. The Hall–Kier alpha value is -2.21. The zero-order valence-electron chi connectivity index (χ0n) is 10.4. The molecule has 1 aromatic heterocycles. The van der Waals surface area contributed by atoms with E-state index in [0.717, 1.165) is 0 Å². The number of fused-ring (bicyclic) bond motifs is 1. The second-order valence-electron chi connectivity index (χ2n) is 4.00. The maximum atomic E-state index is 13.4. The van der Waals surface area contributed by atoms with Crippen molar-refractivity contribution in [2.24, 2.45) is 0 Å². The number of hydrogen-bond acceptors (Lipinski definition) is 4. The number of nitrogens with two attached hydrogens (primary N) is 1. The maximum absolute atomic E-state index is 13.4. The molecule has 2 rings (SSSR count). The van der Waals surface area contributed by atoms with Gasteiger partial charge >= 0.3 is 0 Å². The Bertz CT molecular complexity index is 616. The average Bonchev–Trinajstić information content (AvgIpc) is 2.38. The molecule has 6 heteroatoms. The van der Waals surface area contributed by atoms with Crippen LogP contribution in [0.4, 0.5) is 10.1 Å². The van der Waals surface area contributed by atoms with E-state index in [9.17, 15) is 9.18 Å². The van der Waals surface area contributed by atoms with Gasteiger partial charge in [0.05, 0.1) is 6.61 Å². The highest BCUT2D eigenvalue weighted by Crippen LogP contribution is 2.24. The molecule has 0 aliphatic rings. The van der Waals surface area contributed by atoms with Crippen LogP contribution < -0.4 is 11.1 Å². The monoisotopic (exact) mass is 263 g/mol. The molecular formula is C13H14FN3O2. The van der Waals surface area contributed by atoms with E-state index in [1.54, 1.807) is 13.2 Å². The molecule has 0 saturated heterocycles. The SMILES string of the molecule is COCCNC(=O)c1nccc2c(N)cc(F)cc12. The molecule has 0 saturated carbocycles. The lowest BCUT2D eigenvalue weighted by Gasteiger charge is -2.08. The van der Waals surface area contributed by atoms with Crippen molar-refractivity contribution in [3.63, 3.8) is 0 Å². The molecule has 5 nitrogen and oxygen atoms in total. The molecule has 1 aromatic carbocycles. The lowest BCUT2D eigenvalue weighted by atomic mass is 10.1. The minimum atomic E-state index is -0.496. The van der Waals surface area contributed by atoms with Gasteiger partial charge in [0.1, 0.15) is 11.5 Å². The van der Waals surface area contributed by atoms with Crippen molar-refractivity contribution in [1.29, 1.82) is 0 Å². The normalized spacial score (nSPS) is 10.6. The second-order valence-corrected chi connectivity index (χ2v) is 4.00. The molecule has 0 aliphatic carbocycles. The third kappa shape index (κ3) is 2.79. The first-order chi connectivity index (χ1) is 9.13. The summed E-state index contributed by atoms with van der Waals surface area (Å²) in [6.07, 6.45) is 1.47. The number of ether oxygens (including phenoxy) is 1. The van der Waals surface area contributed by atoms with Gasteiger partial charge in [-0.3, -0.25) is 9.78 Å². The molecule has 100 valence electrons. The van der Waals surface area contributed by atoms with Crippen LogP contribution in [0.15, 0.2) is 24.4 Å². The topological polar surface area (TPSA) is 77.2 Å². The van der Waals surface area contributed by atoms with Crippen LogP contribution in [0.2, 0.25) is 0 Å². The number of benzene rings is 1. The first kappa shape index (κ1) is 13.2. The van der Waals surface area contributed by atoms with E-state index in [1.807, 2.05) is 0 Å². The summed E-state index contributed by atoms with van der Waals surface area (Å²) in [5.74, 6) is -0.878. The summed E-state index contributed by atoms with van der Waals surface area (Å²) >= 11 is 0. The largest absolute Gasteiger partial charge is 0.398 e. The number of hydrogen-bond donors (Lipinski definition) is 2. The highest BCUT2D eigenvalue weighted by atomic mass is 19.1. The summed E-state index contributed by atoms with van der Waals surface area (Å²) in [5.41, 5.74) is 6.16. The van der Waals surface area contributed by atoms with Gasteiger partial charge in [0.25, 0.3) is 5.91 Å². The van der Waals surface area contributed by atoms with Gasteiger partial charge in [-0.05, 0) is 18.2 Å². The van der Waals surface area contributed by atoms with E-state index < -0.39 is 5.82 Å². The summed E-state index contributed by atoms with van der Waals surface area (Å²) in [6, 6.07) is 4.12. The Balaban J connectivity index is 2.40. The number of nitrogens with zero attached hydrogens (tertiary/aromatic N) is 1. The summed E-state index contributed by atoms with van der Waals surface area (Å²) in [5, 5.41) is 3.64. The highest BCUT2D eigenvalue weighted by Gasteiger charge is 2.13. The second kappa shape index (κ2) is 5.62. The number of nitrogen functional groups attached to an aromatic ring is 1. The van der Waals surface area contributed by atoms with Gasteiger partial charge in [0.15, 0.2) is 0 Å². The summed E-state index contributed by atoms with van der Waals surface area (Å²) in [6.45, 7) is 0.755. The minimum absolute atomic E-state index is 0.153. The van der Waals surface area contributed by atoms with Crippen LogP contribution in [0.25, 0.3) is 10.8 Å². The molecule has 1 heterocycles. The number of rotatable bonds is 4. The van der Waals surface area contributed by atoms with E-state index in [-0.39, 0.29) is 17.3 Å². The molecular weight excluding hydrogens is 249 g/mol. The van der Waals surface area contributed by atoms with Crippen LogP contribution in [0.1, 0.15) is 10.5 Å². The van der Waals surface area contributed by atoms with Gasteiger partial charge in [0.2, 0.25) is 0 Å². The number of pyridine rings is 1. The zero-order chi connectivity index (χ0) is 13.8. The standard InChI is InChI=1S/C13H14FN3O2/c1-19-5-4-17-13(18)12-10-6-8(14)7-11(15)9(10)2-3-16-12/h2-3,6-7H,4-5,15H2,1H3,(H,17,18). The number of methoxy groups -OCH3 is 1. The van der Waals surface area contributed by atoms with Gasteiger partial charge in [0, 0.05) is 36.3 Å². The smallest absolute Gasteiger partial charge is 0.270 e. The third-order valence-electron chi connectivity index (χ3n) is 2.68. The van der Waals surface area contributed by atoms with Crippen molar-refractivity contribution in [3.05, 3.63) is 35.9 Å². The van der Waals surface area contributed by atoms with Crippen LogP contribution in [0, 0.1) is 5.82 Å². The molecule has 0 spiro atoms. The molecule has 0 bridgehead atoms. The predicted molar refractivity (Wildman–Crippen MR) is 70.3 cm³/mol. The number of aromatic nitrogens is 1. The van der Waals surface area contributed by atoms with Crippen molar-refractivity contribution < 1.29 is 13.9 Å². The first-order valence-electron chi connectivity index (χ1n) is 5.74. The Labute approximate surface area is 109 Å². The average molecular weight is 263 g/mol. The minimum Gasteiger partial charge on any atom is -0.398 e. The van der Waals surface area contributed by atoms with E-state index in [4.69, 9.17) is 10.5 Å². The number of halogens is 1. The number of carbonyl (C=O) groups is 1. The third-order valence-corrected chi connectivity index (χ3v) is 2.68. The first-order valence-corrected chi connectivity index (χ1v) is 5.74. The summed E-state index contributed by atoms with van der Waals surface area (Å²) < 4.78 is 18.2. The van der Waals surface area contributed by atoms with Crippen LogP contribution in [0.5, 0.6) is 0 Å². The molecule has 2 aromatic rings. The fourth-order valence-electron chi connectivity index (χ4n) is 1.81. The molecule has 0 atom stereocenters. The van der Waals surface area contributed by atoms with Gasteiger partial charge in [-0.25, -0.2) is 4.39 Å². The molecule has 3 N–H and O–H groups in total. The Kier molecular flexibility index (Phi) is 3.91. The zero-order valence-corrected chi connectivity index (χ0v) is 10.4. The lowest BCUT2D eigenvalue weighted by Crippen LogP contribution is -2.27. The van der Waals surface area contributed by atoms with E-state index in [1.165, 1.54) is 18.3 Å². The summed E-state index contributed by atoms with van der Waals surface area (Å²) in [4.78, 5) is 16.0. The van der Waals surface area contributed by atoms with Crippen molar-refractivity contribution >= 4 is 22.4 Å². The van der Waals surface area contributed by atoms with Gasteiger partial charge < -0.3 is 15.8 Å². The van der Waals surface area contributed by atoms with Gasteiger partial charge in [-0.2, -0.15) is 0 Å². The Morgan fingerprint density at radius 3 is 3.00 bits per heavy atom. The van der Waals surface area contributed by atoms with Gasteiger partial charge in [-0.1, -0.05) is 0 Å². The Morgan fingerprint density at radius 1 is 1.47 bits per heavy atom. The molecule has 19 heavy (non-hydrogen) atoms. The van der Waals surface area contributed by atoms with Crippen LogP contribution in [-0.4, -0.2) is 31.2 Å². The lowest BCUT2D eigenvalue weighted by molar-refractivity contribution is 0.0934. The van der Waals surface area contributed by atoms with Crippen molar-refractivity contribution in [2.75, 3.05) is 26.0 Å². The fourth-order valence-corrected chi connectivity index (χ4v) is 1.81. The number of carbonyl (C=O) groups excluding carboxylic acids is 1. The molecule has 1 amide bonds. The quantitative estimate of drug-likeness (QED) is 0.644. The van der Waals surface area contributed by atoms with Crippen LogP contribution in [-0.2, 0) is 4.74 Å².